The average molecular weight is 327 g/mol. The number of nitrogens with zero attached hydrogens (tertiary/aromatic N) is 4. The third kappa shape index (κ3) is 3.82. The van der Waals surface area contributed by atoms with Gasteiger partial charge in [0.15, 0.2) is 0 Å². The van der Waals surface area contributed by atoms with Gasteiger partial charge in [0.2, 0.25) is 5.91 Å². The van der Waals surface area contributed by atoms with E-state index >= 15 is 0 Å². The Kier molecular flexibility index (Phi) is 5.25. The number of aromatic nitrogens is 3. The van der Waals surface area contributed by atoms with Crippen molar-refractivity contribution in [3.8, 4) is 5.69 Å². The predicted octanol–water partition coefficient (Wildman–Crippen LogP) is 1.79. The fourth-order valence-corrected chi connectivity index (χ4v) is 3.28. The van der Waals surface area contributed by atoms with Crippen molar-refractivity contribution >= 4 is 5.91 Å². The smallest absolute Gasteiger partial charge is 0.223 e. The van der Waals surface area contributed by atoms with E-state index in [0.29, 0.717) is 18.8 Å². The van der Waals surface area contributed by atoms with Gasteiger partial charge in [0.1, 0.15) is 12.2 Å². The molecule has 1 amide bonds. The summed E-state index contributed by atoms with van der Waals surface area (Å²) in [6.07, 6.45) is 4.90. The maximum Gasteiger partial charge on any atom is 0.223 e. The van der Waals surface area contributed by atoms with Gasteiger partial charge in [0, 0.05) is 37.7 Å². The number of carbonyl (C=O) groups excluding carboxylic acids is 1. The van der Waals surface area contributed by atoms with Crippen LogP contribution in [0.25, 0.3) is 5.69 Å². The summed E-state index contributed by atoms with van der Waals surface area (Å²) in [6, 6.07) is 10.1. The zero-order chi connectivity index (χ0) is 16.9. The third-order valence-electron chi connectivity index (χ3n) is 4.77. The SMILES string of the molecule is C[C@@H](N)[C@@H]1CCCN(C(=O)CCc2nncn2-c2ccccc2)C1. The van der Waals surface area contributed by atoms with Crippen molar-refractivity contribution in [3.05, 3.63) is 42.5 Å². The molecule has 2 atom stereocenters. The molecule has 0 radical (unpaired) electrons. The number of benzene rings is 1. The lowest BCUT2D eigenvalue weighted by Crippen LogP contribution is -2.45. The van der Waals surface area contributed by atoms with Crippen LogP contribution in [0.5, 0.6) is 0 Å². The molecule has 1 fully saturated rings. The zero-order valence-corrected chi connectivity index (χ0v) is 14.1. The molecule has 24 heavy (non-hydrogen) atoms. The number of hydrogen-bond acceptors (Lipinski definition) is 4. The van der Waals surface area contributed by atoms with Crippen molar-refractivity contribution in [2.75, 3.05) is 13.1 Å². The first kappa shape index (κ1) is 16.6. The highest BCUT2D eigenvalue weighted by atomic mass is 16.2. The van der Waals surface area contributed by atoms with E-state index in [1.807, 2.05) is 46.7 Å². The van der Waals surface area contributed by atoms with Gasteiger partial charge < -0.3 is 10.6 Å². The summed E-state index contributed by atoms with van der Waals surface area (Å²) in [5.74, 6) is 1.41. The van der Waals surface area contributed by atoms with Crippen molar-refractivity contribution < 1.29 is 4.79 Å². The lowest BCUT2D eigenvalue weighted by Gasteiger charge is -2.34. The molecule has 128 valence electrons. The third-order valence-corrected chi connectivity index (χ3v) is 4.77. The number of nitrogens with two attached hydrogens (primary N) is 1. The van der Waals surface area contributed by atoms with Crippen LogP contribution in [0.4, 0.5) is 0 Å². The monoisotopic (exact) mass is 327 g/mol. The van der Waals surface area contributed by atoms with Crippen LogP contribution in [0.1, 0.15) is 32.0 Å². The van der Waals surface area contributed by atoms with E-state index in [2.05, 4.69) is 10.2 Å². The molecular weight excluding hydrogens is 302 g/mol. The molecular formula is C18H25N5O. The molecule has 3 rings (SSSR count). The molecule has 6 nitrogen and oxygen atoms in total. The van der Waals surface area contributed by atoms with Crippen LogP contribution in [-0.4, -0.2) is 44.7 Å². The highest BCUT2D eigenvalue weighted by Crippen LogP contribution is 2.20. The molecule has 1 aromatic carbocycles. The first-order valence-electron chi connectivity index (χ1n) is 8.63. The summed E-state index contributed by atoms with van der Waals surface area (Å²) in [6.45, 7) is 3.65. The molecule has 0 unspecified atom stereocenters. The number of para-hydroxylation sites is 1. The van der Waals surface area contributed by atoms with Gasteiger partial charge in [-0.2, -0.15) is 0 Å². The summed E-state index contributed by atoms with van der Waals surface area (Å²) >= 11 is 0. The fraction of sp³-hybridized carbons (Fsp3) is 0.500. The highest BCUT2D eigenvalue weighted by molar-refractivity contribution is 5.76. The molecule has 0 saturated carbocycles. The maximum atomic E-state index is 12.5. The second kappa shape index (κ2) is 7.57. The quantitative estimate of drug-likeness (QED) is 0.908. The molecule has 6 heteroatoms. The maximum absolute atomic E-state index is 12.5. The normalized spacial score (nSPS) is 19.2. The minimum Gasteiger partial charge on any atom is -0.342 e. The summed E-state index contributed by atoms with van der Waals surface area (Å²) < 4.78 is 1.94. The second-order valence-corrected chi connectivity index (χ2v) is 6.55. The van der Waals surface area contributed by atoms with Gasteiger partial charge in [-0.1, -0.05) is 18.2 Å². The largest absolute Gasteiger partial charge is 0.342 e. The zero-order valence-electron chi connectivity index (χ0n) is 14.1. The van der Waals surface area contributed by atoms with Crippen LogP contribution in [0.3, 0.4) is 0 Å². The van der Waals surface area contributed by atoms with E-state index in [-0.39, 0.29) is 11.9 Å². The molecule has 1 aliphatic rings. The minimum absolute atomic E-state index is 0.141. The van der Waals surface area contributed by atoms with E-state index in [4.69, 9.17) is 5.73 Å². The molecule has 0 bridgehead atoms. The van der Waals surface area contributed by atoms with Gasteiger partial charge in [-0.3, -0.25) is 9.36 Å². The molecule has 1 saturated heterocycles. The molecule has 1 aromatic heterocycles. The highest BCUT2D eigenvalue weighted by Gasteiger charge is 2.25. The van der Waals surface area contributed by atoms with Crippen molar-refractivity contribution in [2.45, 2.75) is 38.6 Å². The molecule has 1 aliphatic heterocycles. The Morgan fingerprint density at radius 1 is 1.38 bits per heavy atom. The lowest BCUT2D eigenvalue weighted by molar-refractivity contribution is -0.133. The molecule has 2 aromatic rings. The van der Waals surface area contributed by atoms with Crippen molar-refractivity contribution in [3.63, 3.8) is 0 Å². The molecule has 0 spiro atoms. The Morgan fingerprint density at radius 2 is 2.17 bits per heavy atom. The van der Waals surface area contributed by atoms with E-state index in [1.54, 1.807) is 6.33 Å². The minimum atomic E-state index is 0.141. The van der Waals surface area contributed by atoms with Crippen LogP contribution in [-0.2, 0) is 11.2 Å². The van der Waals surface area contributed by atoms with E-state index in [0.717, 1.165) is 37.4 Å². The molecule has 0 aliphatic carbocycles. The summed E-state index contributed by atoms with van der Waals surface area (Å²) in [5.41, 5.74) is 7.02. The van der Waals surface area contributed by atoms with Crippen LogP contribution in [0.15, 0.2) is 36.7 Å². The van der Waals surface area contributed by atoms with Crippen molar-refractivity contribution in [1.82, 2.24) is 19.7 Å². The van der Waals surface area contributed by atoms with E-state index in [1.165, 1.54) is 0 Å². The van der Waals surface area contributed by atoms with Gasteiger partial charge in [-0.15, -0.1) is 10.2 Å². The van der Waals surface area contributed by atoms with Gasteiger partial charge in [-0.25, -0.2) is 0 Å². The number of likely N-dealkylation sites (tertiary alicyclic amines) is 1. The van der Waals surface area contributed by atoms with Gasteiger partial charge in [0.05, 0.1) is 0 Å². The number of carbonyl (C=O) groups is 1. The number of rotatable bonds is 5. The van der Waals surface area contributed by atoms with Crippen LogP contribution in [0.2, 0.25) is 0 Å². The van der Waals surface area contributed by atoms with E-state index in [9.17, 15) is 4.79 Å². The van der Waals surface area contributed by atoms with Crippen molar-refractivity contribution in [1.29, 1.82) is 0 Å². The molecule has 2 heterocycles. The number of hydrogen-bond donors (Lipinski definition) is 1. The average Bonchev–Trinajstić information content (AvgIpc) is 3.09. The van der Waals surface area contributed by atoms with Crippen LogP contribution < -0.4 is 5.73 Å². The van der Waals surface area contributed by atoms with Crippen LogP contribution in [0, 0.1) is 5.92 Å². The second-order valence-electron chi connectivity index (χ2n) is 6.55. The Bertz CT molecular complexity index is 667. The number of amides is 1. The summed E-state index contributed by atoms with van der Waals surface area (Å²) in [5, 5.41) is 8.17. The Hall–Kier alpha value is -2.21. The van der Waals surface area contributed by atoms with Gasteiger partial charge in [-0.05, 0) is 37.8 Å². The topological polar surface area (TPSA) is 77.0 Å². The first-order valence-corrected chi connectivity index (χ1v) is 8.63. The first-order chi connectivity index (χ1) is 11.6. The van der Waals surface area contributed by atoms with E-state index < -0.39 is 0 Å². The predicted molar refractivity (Wildman–Crippen MR) is 92.6 cm³/mol. The van der Waals surface area contributed by atoms with Crippen LogP contribution >= 0.6 is 0 Å². The number of piperidine rings is 1. The fourth-order valence-electron chi connectivity index (χ4n) is 3.28. The van der Waals surface area contributed by atoms with Crippen molar-refractivity contribution in [2.24, 2.45) is 11.7 Å². The van der Waals surface area contributed by atoms with Gasteiger partial charge in [0.25, 0.3) is 0 Å². The Balaban J connectivity index is 1.60. The van der Waals surface area contributed by atoms with Gasteiger partial charge >= 0.3 is 0 Å². The Morgan fingerprint density at radius 3 is 2.92 bits per heavy atom. The Labute approximate surface area is 142 Å². The molecule has 2 N–H and O–H groups in total. The lowest BCUT2D eigenvalue weighted by atomic mass is 9.92. The standard InChI is InChI=1S/C18H25N5O/c1-14(19)15-6-5-11-22(12-15)18(24)10-9-17-21-20-13-23(17)16-7-3-2-4-8-16/h2-4,7-8,13-15H,5-6,9-12,19H2,1H3/t14-,15-/m1/s1. The summed E-state index contributed by atoms with van der Waals surface area (Å²) in [4.78, 5) is 14.5. The summed E-state index contributed by atoms with van der Waals surface area (Å²) in [7, 11) is 0. The number of aryl methyl sites for hydroxylation is 1.